The molecule has 0 spiro atoms. The molecule has 0 fully saturated rings. The third-order valence-electron chi connectivity index (χ3n) is 3.84. The summed E-state index contributed by atoms with van der Waals surface area (Å²) < 4.78 is 1.18. The third kappa shape index (κ3) is 2.66. The van der Waals surface area contributed by atoms with Crippen molar-refractivity contribution in [1.82, 2.24) is 0 Å². The number of fused-ring (bicyclic) bond motifs is 1. The maximum atomic E-state index is 3.85. The normalized spacial score (nSPS) is 15.3. The minimum Gasteiger partial charge on any atom is -0.0786 e. The van der Waals surface area contributed by atoms with Gasteiger partial charge in [-0.2, -0.15) is 0 Å². The van der Waals surface area contributed by atoms with Crippen molar-refractivity contribution < 1.29 is 0 Å². The fourth-order valence-electron chi connectivity index (χ4n) is 2.77. The second-order valence-corrected chi connectivity index (χ2v) is 7.04. The molecule has 0 aliphatic heterocycles. The summed E-state index contributed by atoms with van der Waals surface area (Å²) in [5, 5.41) is 0. The maximum Gasteiger partial charge on any atom is 0.0655 e. The predicted octanol–water partition coefficient (Wildman–Crippen LogP) is 5.73. The standard InChI is InChI=1S/C17H16Br2/c1-11-5-8-15(16(18)9-11)17(19)14-7-6-12-3-2-4-13(12)10-14/h5-10,17H,2-4H2,1H3. The Morgan fingerprint density at radius 2 is 1.79 bits per heavy atom. The Labute approximate surface area is 131 Å². The first-order valence-electron chi connectivity index (χ1n) is 6.67. The van der Waals surface area contributed by atoms with Gasteiger partial charge < -0.3 is 0 Å². The zero-order valence-corrected chi connectivity index (χ0v) is 14.1. The lowest BCUT2D eigenvalue weighted by Gasteiger charge is -2.14. The minimum atomic E-state index is 0.258. The molecule has 0 saturated carbocycles. The van der Waals surface area contributed by atoms with Crippen LogP contribution in [0.25, 0.3) is 0 Å². The molecule has 3 rings (SSSR count). The number of benzene rings is 2. The molecule has 0 saturated heterocycles. The molecular weight excluding hydrogens is 364 g/mol. The average molecular weight is 380 g/mol. The smallest absolute Gasteiger partial charge is 0.0655 e. The summed E-state index contributed by atoms with van der Waals surface area (Å²) in [5.41, 5.74) is 7.00. The molecule has 0 nitrogen and oxygen atoms in total. The van der Waals surface area contributed by atoms with Crippen LogP contribution in [0.2, 0.25) is 0 Å². The third-order valence-corrected chi connectivity index (χ3v) is 5.55. The maximum absolute atomic E-state index is 3.85. The molecule has 2 aromatic rings. The molecule has 1 aliphatic rings. The van der Waals surface area contributed by atoms with Crippen molar-refractivity contribution in [2.24, 2.45) is 0 Å². The van der Waals surface area contributed by atoms with Gasteiger partial charge in [-0.25, -0.2) is 0 Å². The lowest BCUT2D eigenvalue weighted by molar-refractivity contribution is 0.911. The summed E-state index contributed by atoms with van der Waals surface area (Å²) in [5.74, 6) is 0. The van der Waals surface area contributed by atoms with Gasteiger partial charge in [-0.05, 0) is 60.1 Å². The molecule has 98 valence electrons. The van der Waals surface area contributed by atoms with E-state index in [4.69, 9.17) is 0 Å². The number of hydrogen-bond acceptors (Lipinski definition) is 0. The number of hydrogen-bond donors (Lipinski definition) is 0. The van der Waals surface area contributed by atoms with Gasteiger partial charge in [0.25, 0.3) is 0 Å². The van der Waals surface area contributed by atoms with E-state index < -0.39 is 0 Å². The van der Waals surface area contributed by atoms with Crippen LogP contribution in [0, 0.1) is 6.92 Å². The molecule has 0 N–H and O–H groups in total. The highest BCUT2D eigenvalue weighted by molar-refractivity contribution is 9.11. The van der Waals surface area contributed by atoms with E-state index in [-0.39, 0.29) is 4.83 Å². The van der Waals surface area contributed by atoms with Crippen LogP contribution in [0.4, 0.5) is 0 Å². The van der Waals surface area contributed by atoms with E-state index in [2.05, 4.69) is 75.2 Å². The van der Waals surface area contributed by atoms with Crippen LogP contribution >= 0.6 is 31.9 Å². The van der Waals surface area contributed by atoms with Gasteiger partial charge in [0.05, 0.1) is 4.83 Å². The number of rotatable bonds is 2. The minimum absolute atomic E-state index is 0.258. The molecule has 0 heterocycles. The van der Waals surface area contributed by atoms with Crippen molar-refractivity contribution in [2.75, 3.05) is 0 Å². The van der Waals surface area contributed by atoms with Crippen LogP contribution in [0.5, 0.6) is 0 Å². The summed E-state index contributed by atoms with van der Waals surface area (Å²) in [4.78, 5) is 0.258. The van der Waals surface area contributed by atoms with E-state index in [0.29, 0.717) is 0 Å². The van der Waals surface area contributed by atoms with Gasteiger partial charge in [0.15, 0.2) is 0 Å². The second-order valence-electron chi connectivity index (χ2n) is 5.27. The zero-order valence-electron chi connectivity index (χ0n) is 10.9. The fourth-order valence-corrected chi connectivity index (χ4v) is 4.48. The largest absolute Gasteiger partial charge is 0.0786 e. The molecule has 0 bridgehead atoms. The molecule has 0 amide bonds. The van der Waals surface area contributed by atoms with E-state index in [1.54, 1.807) is 0 Å². The van der Waals surface area contributed by atoms with Crippen LogP contribution < -0.4 is 0 Å². The van der Waals surface area contributed by atoms with E-state index in [0.717, 1.165) is 0 Å². The van der Waals surface area contributed by atoms with Gasteiger partial charge >= 0.3 is 0 Å². The quantitative estimate of drug-likeness (QED) is 0.584. The number of halogens is 2. The van der Waals surface area contributed by atoms with Crippen LogP contribution in [0.15, 0.2) is 40.9 Å². The molecule has 1 aliphatic carbocycles. The first-order chi connectivity index (χ1) is 9.15. The van der Waals surface area contributed by atoms with Crippen molar-refractivity contribution in [2.45, 2.75) is 31.0 Å². The van der Waals surface area contributed by atoms with Crippen molar-refractivity contribution >= 4 is 31.9 Å². The Balaban J connectivity index is 1.97. The second kappa shape index (κ2) is 5.41. The highest BCUT2D eigenvalue weighted by Crippen LogP contribution is 2.37. The Bertz CT molecular complexity index is 617. The summed E-state index contributed by atoms with van der Waals surface area (Å²) in [6, 6.07) is 13.5. The summed E-state index contributed by atoms with van der Waals surface area (Å²) >= 11 is 7.53. The number of alkyl halides is 1. The molecule has 0 radical (unpaired) electrons. The Hall–Kier alpha value is -0.600. The topological polar surface area (TPSA) is 0 Å². The Kier molecular flexibility index (Phi) is 3.81. The monoisotopic (exact) mass is 378 g/mol. The Morgan fingerprint density at radius 3 is 2.58 bits per heavy atom. The van der Waals surface area contributed by atoms with Crippen molar-refractivity contribution in [3.8, 4) is 0 Å². The molecule has 2 aromatic carbocycles. The predicted molar refractivity (Wildman–Crippen MR) is 88.1 cm³/mol. The fraction of sp³-hybridized carbons (Fsp3) is 0.294. The zero-order chi connectivity index (χ0) is 13.4. The van der Waals surface area contributed by atoms with E-state index in [9.17, 15) is 0 Å². The van der Waals surface area contributed by atoms with E-state index in [1.165, 1.54) is 51.6 Å². The molecule has 0 aromatic heterocycles. The summed E-state index contributed by atoms with van der Waals surface area (Å²) in [7, 11) is 0. The molecule has 19 heavy (non-hydrogen) atoms. The van der Waals surface area contributed by atoms with E-state index in [1.807, 2.05) is 0 Å². The highest BCUT2D eigenvalue weighted by atomic mass is 79.9. The van der Waals surface area contributed by atoms with Gasteiger partial charge in [-0.1, -0.05) is 62.2 Å². The van der Waals surface area contributed by atoms with Crippen LogP contribution in [0.3, 0.4) is 0 Å². The average Bonchev–Trinajstić information content (AvgIpc) is 2.85. The van der Waals surface area contributed by atoms with Crippen LogP contribution in [-0.4, -0.2) is 0 Å². The number of aryl methyl sites for hydroxylation is 3. The lowest BCUT2D eigenvalue weighted by Crippen LogP contribution is -1.96. The van der Waals surface area contributed by atoms with Crippen molar-refractivity contribution in [1.29, 1.82) is 0 Å². The van der Waals surface area contributed by atoms with Gasteiger partial charge in [0, 0.05) is 4.47 Å². The van der Waals surface area contributed by atoms with Crippen LogP contribution in [-0.2, 0) is 12.8 Å². The molecule has 2 heteroatoms. The lowest BCUT2D eigenvalue weighted by atomic mass is 10.00. The van der Waals surface area contributed by atoms with Gasteiger partial charge in [0.1, 0.15) is 0 Å². The molecular formula is C17H16Br2. The highest BCUT2D eigenvalue weighted by Gasteiger charge is 2.17. The van der Waals surface area contributed by atoms with Crippen molar-refractivity contribution in [3.63, 3.8) is 0 Å². The summed E-state index contributed by atoms with van der Waals surface area (Å²) in [6.07, 6.45) is 3.79. The SMILES string of the molecule is Cc1ccc(C(Br)c2ccc3c(c2)CCC3)c(Br)c1. The first-order valence-corrected chi connectivity index (χ1v) is 8.38. The van der Waals surface area contributed by atoms with Crippen molar-refractivity contribution in [3.05, 3.63) is 68.7 Å². The van der Waals surface area contributed by atoms with Gasteiger partial charge in [-0.15, -0.1) is 0 Å². The van der Waals surface area contributed by atoms with E-state index >= 15 is 0 Å². The summed E-state index contributed by atoms with van der Waals surface area (Å²) in [6.45, 7) is 2.12. The molecule has 1 atom stereocenters. The van der Waals surface area contributed by atoms with Gasteiger partial charge in [-0.3, -0.25) is 0 Å². The Morgan fingerprint density at radius 1 is 1.00 bits per heavy atom. The van der Waals surface area contributed by atoms with Crippen LogP contribution in [0.1, 0.15) is 39.1 Å². The molecule has 1 unspecified atom stereocenters. The van der Waals surface area contributed by atoms with Gasteiger partial charge in [0.2, 0.25) is 0 Å². The first kappa shape index (κ1) is 13.4.